The Morgan fingerprint density at radius 2 is 2.33 bits per heavy atom. The Bertz CT molecular complexity index is 460. The second-order valence-electron chi connectivity index (χ2n) is 4.17. The first-order valence-corrected chi connectivity index (χ1v) is 5.94. The van der Waals surface area contributed by atoms with Crippen LogP contribution in [0.3, 0.4) is 0 Å². The molecule has 0 aliphatic heterocycles. The maximum atomic E-state index is 12.2. The zero-order chi connectivity index (χ0) is 13.0. The van der Waals surface area contributed by atoms with Crippen LogP contribution < -0.4 is 5.32 Å². The average molecular weight is 245 g/mol. The van der Waals surface area contributed by atoms with Crippen molar-refractivity contribution < 1.29 is 4.79 Å². The monoisotopic (exact) mass is 245 g/mol. The number of amides is 1. The molecule has 1 N–H and O–H groups in total. The molecule has 1 aromatic heterocycles. The third-order valence-electron chi connectivity index (χ3n) is 2.84. The van der Waals surface area contributed by atoms with Gasteiger partial charge in [0.05, 0.1) is 24.9 Å². The first-order chi connectivity index (χ1) is 8.76. The van der Waals surface area contributed by atoms with E-state index in [1.807, 2.05) is 0 Å². The van der Waals surface area contributed by atoms with Gasteiger partial charge in [-0.05, 0) is 12.8 Å². The van der Waals surface area contributed by atoms with Gasteiger partial charge in [0.1, 0.15) is 11.5 Å². The molecule has 94 valence electrons. The maximum Gasteiger partial charge on any atom is 0.274 e. The zero-order valence-corrected chi connectivity index (χ0v) is 10.3. The maximum absolute atomic E-state index is 12.2. The second-order valence-corrected chi connectivity index (χ2v) is 4.17. The Labute approximate surface area is 106 Å². The van der Waals surface area contributed by atoms with Crippen LogP contribution in [0, 0.1) is 11.3 Å². The van der Waals surface area contributed by atoms with Gasteiger partial charge in [-0.3, -0.25) is 4.79 Å². The Morgan fingerprint density at radius 1 is 1.56 bits per heavy atom. The molecule has 1 heterocycles. The summed E-state index contributed by atoms with van der Waals surface area (Å²) in [4.78, 5) is 22.1. The lowest BCUT2D eigenvalue weighted by molar-refractivity contribution is 0.0740. The molecule has 0 aromatic carbocycles. The molecule has 0 radical (unpaired) electrons. The molecule has 1 aromatic rings. The fraction of sp³-hybridized carbons (Fsp3) is 0.500. The summed E-state index contributed by atoms with van der Waals surface area (Å²) >= 11 is 0. The number of nitrogens with zero attached hydrogens (tertiary/aromatic N) is 4. The Balaban J connectivity index is 2.09. The van der Waals surface area contributed by atoms with E-state index in [1.165, 1.54) is 12.4 Å². The van der Waals surface area contributed by atoms with Crippen molar-refractivity contribution in [1.82, 2.24) is 14.9 Å². The van der Waals surface area contributed by atoms with Gasteiger partial charge in [0, 0.05) is 19.6 Å². The van der Waals surface area contributed by atoms with E-state index in [0.29, 0.717) is 24.5 Å². The largest absolute Gasteiger partial charge is 0.372 e. The smallest absolute Gasteiger partial charge is 0.274 e. The van der Waals surface area contributed by atoms with E-state index >= 15 is 0 Å². The number of carbonyl (C=O) groups excluding carboxylic acids is 1. The molecule has 0 saturated heterocycles. The molecule has 0 unspecified atom stereocenters. The van der Waals surface area contributed by atoms with Crippen LogP contribution in [-0.2, 0) is 0 Å². The summed E-state index contributed by atoms with van der Waals surface area (Å²) in [5, 5.41) is 11.5. The van der Waals surface area contributed by atoms with Crippen molar-refractivity contribution in [2.45, 2.75) is 25.3 Å². The van der Waals surface area contributed by atoms with Gasteiger partial charge in [-0.2, -0.15) is 5.26 Å². The zero-order valence-electron chi connectivity index (χ0n) is 10.3. The van der Waals surface area contributed by atoms with Crippen LogP contribution in [0.15, 0.2) is 12.4 Å². The Kier molecular flexibility index (Phi) is 3.72. The number of anilines is 1. The minimum atomic E-state index is -0.136. The quantitative estimate of drug-likeness (QED) is 0.838. The highest BCUT2D eigenvalue weighted by molar-refractivity contribution is 5.92. The van der Waals surface area contributed by atoms with E-state index in [-0.39, 0.29) is 11.9 Å². The summed E-state index contributed by atoms with van der Waals surface area (Å²) in [6.45, 7) is 0.468. The van der Waals surface area contributed by atoms with Crippen LogP contribution in [0.25, 0.3) is 0 Å². The van der Waals surface area contributed by atoms with Crippen molar-refractivity contribution in [1.29, 1.82) is 5.26 Å². The lowest BCUT2D eigenvalue weighted by atomic mass is 10.3. The van der Waals surface area contributed by atoms with Gasteiger partial charge < -0.3 is 10.2 Å². The van der Waals surface area contributed by atoms with Crippen LogP contribution in [0.4, 0.5) is 5.82 Å². The van der Waals surface area contributed by atoms with Crippen molar-refractivity contribution in [2.24, 2.45) is 0 Å². The van der Waals surface area contributed by atoms with Crippen LogP contribution in [0.5, 0.6) is 0 Å². The van der Waals surface area contributed by atoms with E-state index in [9.17, 15) is 4.79 Å². The number of nitriles is 1. The fourth-order valence-corrected chi connectivity index (χ4v) is 1.72. The van der Waals surface area contributed by atoms with Crippen molar-refractivity contribution in [2.75, 3.05) is 18.9 Å². The Hall–Kier alpha value is -2.16. The summed E-state index contributed by atoms with van der Waals surface area (Å²) in [5.41, 5.74) is 0.332. The van der Waals surface area contributed by atoms with Crippen LogP contribution >= 0.6 is 0 Å². The highest BCUT2D eigenvalue weighted by Crippen LogP contribution is 2.28. The van der Waals surface area contributed by atoms with Gasteiger partial charge in [0.25, 0.3) is 5.91 Å². The molecule has 1 amide bonds. The van der Waals surface area contributed by atoms with E-state index in [1.54, 1.807) is 11.9 Å². The van der Waals surface area contributed by atoms with Gasteiger partial charge in [0.2, 0.25) is 0 Å². The van der Waals surface area contributed by atoms with Crippen molar-refractivity contribution in [3.8, 4) is 6.07 Å². The number of hydrogen-bond donors (Lipinski definition) is 1. The van der Waals surface area contributed by atoms with E-state index in [0.717, 1.165) is 12.8 Å². The van der Waals surface area contributed by atoms with Crippen LogP contribution in [-0.4, -0.2) is 40.4 Å². The molecule has 2 rings (SSSR count). The van der Waals surface area contributed by atoms with Crippen molar-refractivity contribution >= 4 is 11.7 Å². The molecule has 1 aliphatic rings. The highest BCUT2D eigenvalue weighted by atomic mass is 16.2. The number of aromatic nitrogens is 2. The summed E-state index contributed by atoms with van der Waals surface area (Å²) < 4.78 is 0. The molecule has 0 bridgehead atoms. The molecular formula is C12H15N5O. The standard InChI is InChI=1S/C12H15N5O/c1-14-11-8-15-10(7-16-11)12(18)17(6-2-5-13)9-3-4-9/h7-9H,2-4,6H2,1H3,(H,14,16). The summed E-state index contributed by atoms with van der Waals surface area (Å²) in [5.74, 6) is 0.490. The van der Waals surface area contributed by atoms with Crippen LogP contribution in [0.2, 0.25) is 0 Å². The Morgan fingerprint density at radius 3 is 2.83 bits per heavy atom. The van der Waals surface area contributed by atoms with Crippen LogP contribution in [0.1, 0.15) is 29.8 Å². The van der Waals surface area contributed by atoms with E-state index in [2.05, 4.69) is 21.4 Å². The molecule has 1 saturated carbocycles. The second kappa shape index (κ2) is 5.45. The topological polar surface area (TPSA) is 81.9 Å². The summed E-state index contributed by atoms with van der Waals surface area (Å²) in [7, 11) is 1.74. The molecular weight excluding hydrogens is 230 g/mol. The van der Waals surface area contributed by atoms with E-state index in [4.69, 9.17) is 5.26 Å². The van der Waals surface area contributed by atoms with Crippen molar-refractivity contribution in [3.63, 3.8) is 0 Å². The minimum absolute atomic E-state index is 0.136. The number of rotatable bonds is 5. The lowest BCUT2D eigenvalue weighted by Gasteiger charge is -2.20. The van der Waals surface area contributed by atoms with E-state index < -0.39 is 0 Å². The molecule has 6 nitrogen and oxygen atoms in total. The SMILES string of the molecule is CNc1cnc(C(=O)N(CCC#N)C2CC2)cn1. The number of hydrogen-bond acceptors (Lipinski definition) is 5. The third kappa shape index (κ3) is 2.74. The molecule has 1 aliphatic carbocycles. The minimum Gasteiger partial charge on any atom is -0.372 e. The van der Waals surface area contributed by atoms with Gasteiger partial charge in [-0.15, -0.1) is 0 Å². The molecule has 6 heteroatoms. The van der Waals surface area contributed by atoms with Gasteiger partial charge >= 0.3 is 0 Å². The molecule has 0 atom stereocenters. The first kappa shape index (κ1) is 12.3. The molecule has 18 heavy (non-hydrogen) atoms. The molecule has 0 spiro atoms. The summed E-state index contributed by atoms with van der Waals surface area (Å²) in [6, 6.07) is 2.34. The third-order valence-corrected chi connectivity index (χ3v) is 2.84. The number of nitrogens with one attached hydrogen (secondary N) is 1. The molecule has 1 fully saturated rings. The van der Waals surface area contributed by atoms with Gasteiger partial charge in [-0.25, -0.2) is 9.97 Å². The first-order valence-electron chi connectivity index (χ1n) is 5.94. The lowest BCUT2D eigenvalue weighted by Crippen LogP contribution is -2.34. The summed E-state index contributed by atoms with van der Waals surface area (Å²) in [6.07, 6.45) is 5.38. The predicted molar refractivity (Wildman–Crippen MR) is 65.9 cm³/mol. The normalized spacial score (nSPS) is 13.8. The van der Waals surface area contributed by atoms with Crippen molar-refractivity contribution in [3.05, 3.63) is 18.1 Å². The predicted octanol–water partition coefficient (Wildman–Crippen LogP) is 1.04. The average Bonchev–Trinajstić information content (AvgIpc) is 3.24. The highest BCUT2D eigenvalue weighted by Gasteiger charge is 2.33. The van der Waals surface area contributed by atoms with Gasteiger partial charge in [0.15, 0.2) is 0 Å². The van der Waals surface area contributed by atoms with Gasteiger partial charge in [-0.1, -0.05) is 0 Å². The number of carbonyl (C=O) groups is 1. The fourth-order valence-electron chi connectivity index (χ4n) is 1.72.